The van der Waals surface area contributed by atoms with Gasteiger partial charge in [0, 0.05) is 37.0 Å². The maximum atomic E-state index is 13.6. The first-order valence-electron chi connectivity index (χ1n) is 14.8. The predicted molar refractivity (Wildman–Crippen MR) is 166 cm³/mol. The Hall–Kier alpha value is -5.20. The number of nitrogens with one attached hydrogen (secondary N) is 2. The lowest BCUT2D eigenvalue weighted by Gasteiger charge is -2.25. The fourth-order valence-electron chi connectivity index (χ4n) is 5.04. The highest BCUT2D eigenvalue weighted by molar-refractivity contribution is 5.96. The monoisotopic (exact) mass is 614 g/mol. The number of hydrogen-bond donors (Lipinski definition) is 2. The number of carbonyl (C=O) groups excluding carboxylic acids is 3. The van der Waals surface area contributed by atoms with E-state index < -0.39 is 11.9 Å². The van der Waals surface area contributed by atoms with E-state index in [1.807, 2.05) is 51.1 Å². The molecule has 4 aromatic rings. The highest BCUT2D eigenvalue weighted by Gasteiger charge is 2.28. The quantitative estimate of drug-likeness (QED) is 0.357. The first-order valence-corrected chi connectivity index (χ1v) is 14.8. The number of benzene rings is 2. The van der Waals surface area contributed by atoms with Crippen LogP contribution in [-0.4, -0.2) is 80.5 Å². The van der Waals surface area contributed by atoms with E-state index in [0.717, 1.165) is 11.3 Å². The van der Waals surface area contributed by atoms with Crippen LogP contribution in [0.2, 0.25) is 0 Å². The molecule has 2 N–H and O–H groups in total. The standard InChI is InChI=1S/C32H38N8O5/c1-20(2)28-30-35-29(22-9-7-6-8-10-22)37-40(30)15-16-45-26-18-23(11-12-25(26)44-5)31(42)33-13-14-39(19-27(41)34-28)32(43)24-17-21(3)38(4)36-24/h6-12,17-18,20,28H,13-16,19H2,1-5H3,(H,33,42)(H,34,41)/t28-/m1/s1. The lowest BCUT2D eigenvalue weighted by molar-refractivity contribution is -0.123. The summed E-state index contributed by atoms with van der Waals surface area (Å²) in [7, 11) is 3.28. The SMILES string of the molecule is COc1ccc2cc1OCCn1nc(-c3ccccc3)nc1[C@@H](C(C)C)NC(=O)CN(C(=O)c1cc(C)n(C)n1)CCNC2=O. The lowest BCUT2D eigenvalue weighted by Crippen LogP contribution is -2.46. The van der Waals surface area contributed by atoms with Crippen molar-refractivity contribution in [2.24, 2.45) is 13.0 Å². The van der Waals surface area contributed by atoms with Crippen molar-refractivity contribution in [3.8, 4) is 22.9 Å². The molecule has 5 rings (SSSR count). The summed E-state index contributed by atoms with van der Waals surface area (Å²) in [6.45, 7) is 6.24. The van der Waals surface area contributed by atoms with Crippen molar-refractivity contribution in [1.82, 2.24) is 40.1 Å². The molecule has 3 heterocycles. The molecular formula is C32H38N8O5. The van der Waals surface area contributed by atoms with Crippen molar-refractivity contribution in [2.45, 2.75) is 33.4 Å². The molecule has 1 aliphatic heterocycles. The van der Waals surface area contributed by atoms with Gasteiger partial charge in [-0.15, -0.1) is 0 Å². The number of nitrogens with zero attached hydrogens (tertiary/aromatic N) is 6. The van der Waals surface area contributed by atoms with Gasteiger partial charge in [0.15, 0.2) is 28.8 Å². The molecule has 45 heavy (non-hydrogen) atoms. The minimum Gasteiger partial charge on any atom is -0.493 e. The maximum absolute atomic E-state index is 13.6. The zero-order valence-electron chi connectivity index (χ0n) is 26.1. The largest absolute Gasteiger partial charge is 0.493 e. The van der Waals surface area contributed by atoms with Gasteiger partial charge in [0.25, 0.3) is 11.8 Å². The summed E-state index contributed by atoms with van der Waals surface area (Å²) in [6, 6.07) is 15.7. The third-order valence-corrected chi connectivity index (χ3v) is 7.60. The van der Waals surface area contributed by atoms with Gasteiger partial charge in [-0.2, -0.15) is 10.2 Å². The molecule has 1 aliphatic rings. The second-order valence-electron chi connectivity index (χ2n) is 11.2. The van der Waals surface area contributed by atoms with Crippen molar-refractivity contribution < 1.29 is 23.9 Å². The van der Waals surface area contributed by atoms with Crippen molar-refractivity contribution >= 4 is 17.7 Å². The van der Waals surface area contributed by atoms with E-state index in [4.69, 9.17) is 19.6 Å². The summed E-state index contributed by atoms with van der Waals surface area (Å²) in [6.07, 6.45) is 0. The van der Waals surface area contributed by atoms with E-state index in [0.29, 0.717) is 35.3 Å². The normalized spacial score (nSPS) is 16.3. The maximum Gasteiger partial charge on any atom is 0.274 e. The van der Waals surface area contributed by atoms with Crippen molar-refractivity contribution in [3.63, 3.8) is 0 Å². The first kappa shape index (κ1) is 31.2. The molecule has 0 saturated carbocycles. The van der Waals surface area contributed by atoms with Crippen LogP contribution in [0, 0.1) is 12.8 Å². The summed E-state index contributed by atoms with van der Waals surface area (Å²) >= 11 is 0. The predicted octanol–water partition coefficient (Wildman–Crippen LogP) is 2.77. The number of aromatic nitrogens is 5. The molecule has 2 aromatic heterocycles. The first-order chi connectivity index (χ1) is 21.6. The molecule has 0 fully saturated rings. The average molecular weight is 615 g/mol. The summed E-state index contributed by atoms with van der Waals surface area (Å²) in [5.41, 5.74) is 2.20. The molecule has 0 aliphatic carbocycles. The molecule has 236 valence electrons. The van der Waals surface area contributed by atoms with Crippen LogP contribution in [0.3, 0.4) is 0 Å². The molecule has 0 radical (unpaired) electrons. The molecule has 0 spiro atoms. The molecule has 0 saturated heterocycles. The third kappa shape index (κ3) is 7.14. The number of rotatable bonds is 4. The van der Waals surface area contributed by atoms with Gasteiger partial charge >= 0.3 is 0 Å². The van der Waals surface area contributed by atoms with E-state index in [2.05, 4.69) is 15.7 Å². The summed E-state index contributed by atoms with van der Waals surface area (Å²) in [4.78, 5) is 46.5. The molecule has 0 unspecified atom stereocenters. The van der Waals surface area contributed by atoms with E-state index in [9.17, 15) is 14.4 Å². The van der Waals surface area contributed by atoms with Crippen molar-refractivity contribution in [3.05, 3.63) is 77.4 Å². The van der Waals surface area contributed by atoms with Crippen LogP contribution in [-0.2, 0) is 18.4 Å². The number of carbonyl (C=O) groups is 3. The fraction of sp³-hybridized carbons (Fsp3) is 0.375. The van der Waals surface area contributed by atoms with E-state index in [1.54, 1.807) is 40.7 Å². The second kappa shape index (κ2) is 13.6. The van der Waals surface area contributed by atoms with Gasteiger partial charge in [-0.25, -0.2) is 9.67 Å². The number of hydrogen-bond acceptors (Lipinski definition) is 8. The highest BCUT2D eigenvalue weighted by atomic mass is 16.5. The van der Waals surface area contributed by atoms with Crippen molar-refractivity contribution in [2.75, 3.05) is 33.4 Å². The van der Waals surface area contributed by atoms with Crippen LogP contribution >= 0.6 is 0 Å². The highest BCUT2D eigenvalue weighted by Crippen LogP contribution is 2.29. The molecular weight excluding hydrogens is 576 g/mol. The van der Waals surface area contributed by atoms with Gasteiger partial charge in [-0.05, 0) is 37.1 Å². The lowest BCUT2D eigenvalue weighted by atomic mass is 10.0. The van der Waals surface area contributed by atoms with Gasteiger partial charge in [0.1, 0.15) is 6.61 Å². The minimum atomic E-state index is -0.523. The van der Waals surface area contributed by atoms with Crippen LogP contribution in [0.4, 0.5) is 0 Å². The van der Waals surface area contributed by atoms with Crippen LogP contribution in [0.25, 0.3) is 11.4 Å². The Morgan fingerprint density at radius 2 is 1.82 bits per heavy atom. The van der Waals surface area contributed by atoms with Gasteiger partial charge in [0.2, 0.25) is 5.91 Å². The van der Waals surface area contributed by atoms with Gasteiger partial charge in [-0.3, -0.25) is 19.1 Å². The Labute approximate surface area is 261 Å². The summed E-state index contributed by atoms with van der Waals surface area (Å²) in [5.74, 6) is 0.717. The Bertz CT molecular complexity index is 1660. The molecule has 13 heteroatoms. The number of methoxy groups -OCH3 is 1. The third-order valence-electron chi connectivity index (χ3n) is 7.60. The fourth-order valence-corrected chi connectivity index (χ4v) is 5.04. The zero-order valence-corrected chi connectivity index (χ0v) is 26.1. The topological polar surface area (TPSA) is 146 Å². The van der Waals surface area contributed by atoms with Gasteiger partial charge in [-0.1, -0.05) is 44.2 Å². The molecule has 13 nitrogen and oxygen atoms in total. The van der Waals surface area contributed by atoms with E-state index in [-0.39, 0.29) is 49.7 Å². The zero-order chi connectivity index (χ0) is 32.1. The second-order valence-corrected chi connectivity index (χ2v) is 11.2. The van der Waals surface area contributed by atoms with Crippen LogP contribution < -0.4 is 20.1 Å². The number of ether oxygens (including phenoxy) is 2. The number of aryl methyl sites for hydroxylation is 2. The van der Waals surface area contributed by atoms with Gasteiger partial charge in [0.05, 0.1) is 26.2 Å². The summed E-state index contributed by atoms with van der Waals surface area (Å²) < 4.78 is 14.9. The van der Waals surface area contributed by atoms with Crippen molar-refractivity contribution in [1.29, 1.82) is 0 Å². The van der Waals surface area contributed by atoms with Crippen LogP contribution in [0.5, 0.6) is 11.5 Å². The smallest absolute Gasteiger partial charge is 0.274 e. The Morgan fingerprint density at radius 1 is 1.04 bits per heavy atom. The molecule has 1 atom stereocenters. The average Bonchev–Trinajstić information content (AvgIpc) is 3.61. The Kier molecular flexibility index (Phi) is 9.45. The van der Waals surface area contributed by atoms with Crippen LogP contribution in [0.1, 0.15) is 52.3 Å². The van der Waals surface area contributed by atoms with Gasteiger partial charge < -0.3 is 25.0 Å². The molecule has 2 bridgehead atoms. The minimum absolute atomic E-state index is 0.0674. The van der Waals surface area contributed by atoms with Crippen LogP contribution in [0.15, 0.2) is 54.6 Å². The molecule has 3 amide bonds. The van der Waals surface area contributed by atoms with E-state index >= 15 is 0 Å². The summed E-state index contributed by atoms with van der Waals surface area (Å²) in [5, 5.41) is 15.0. The number of fused-ring (bicyclic) bond motifs is 3. The molecule has 2 aromatic carbocycles. The Morgan fingerprint density at radius 3 is 2.51 bits per heavy atom. The van der Waals surface area contributed by atoms with E-state index in [1.165, 1.54) is 12.0 Å². The Balaban J connectivity index is 1.53. The number of amides is 3.